The third-order valence-corrected chi connectivity index (χ3v) is 4.87. The SMILES string of the molecule is CC(C)(C)OC(=O)N1CC[C@H]1CONC(=O)[C@@H]1CC[C@@H]2CN1C(=O)N2O. The number of hydroxylamine groups is 3. The molecule has 0 spiro atoms. The van der Waals surface area contributed by atoms with Crippen molar-refractivity contribution in [3.63, 3.8) is 0 Å². The largest absolute Gasteiger partial charge is 0.444 e. The molecule has 0 saturated carbocycles. The topological polar surface area (TPSA) is 112 Å². The monoisotopic (exact) mass is 370 g/mol. The van der Waals surface area contributed by atoms with Crippen LogP contribution in [0.15, 0.2) is 0 Å². The first-order valence-corrected chi connectivity index (χ1v) is 8.87. The van der Waals surface area contributed by atoms with Gasteiger partial charge in [0, 0.05) is 13.1 Å². The first-order chi connectivity index (χ1) is 12.2. The summed E-state index contributed by atoms with van der Waals surface area (Å²) in [6.07, 6.45) is 1.40. The molecule has 4 amide bonds. The van der Waals surface area contributed by atoms with Crippen LogP contribution < -0.4 is 5.48 Å². The van der Waals surface area contributed by atoms with Gasteiger partial charge >= 0.3 is 12.1 Å². The Labute approximate surface area is 151 Å². The average Bonchev–Trinajstić information content (AvgIpc) is 2.73. The quantitative estimate of drug-likeness (QED) is 0.557. The second-order valence-electron chi connectivity index (χ2n) is 7.92. The third-order valence-electron chi connectivity index (χ3n) is 4.87. The number of carbonyl (C=O) groups excluding carboxylic acids is 3. The van der Waals surface area contributed by atoms with E-state index in [1.165, 1.54) is 4.90 Å². The van der Waals surface area contributed by atoms with Crippen molar-refractivity contribution in [1.29, 1.82) is 0 Å². The molecule has 0 unspecified atom stereocenters. The maximum atomic E-state index is 12.3. The highest BCUT2D eigenvalue weighted by Gasteiger charge is 2.47. The van der Waals surface area contributed by atoms with Gasteiger partial charge in [-0.3, -0.25) is 14.8 Å². The van der Waals surface area contributed by atoms with Crippen LogP contribution in [0.4, 0.5) is 9.59 Å². The lowest BCUT2D eigenvalue weighted by Crippen LogP contribution is -2.56. The molecule has 3 rings (SSSR count). The Hall–Kier alpha value is -2.07. The van der Waals surface area contributed by atoms with Crippen LogP contribution in [0.5, 0.6) is 0 Å². The summed E-state index contributed by atoms with van der Waals surface area (Å²) in [6, 6.07) is -1.60. The molecule has 10 nitrogen and oxygen atoms in total. The number of hydrogen-bond acceptors (Lipinski definition) is 6. The highest BCUT2D eigenvalue weighted by Crippen LogP contribution is 2.28. The second-order valence-corrected chi connectivity index (χ2v) is 7.92. The summed E-state index contributed by atoms with van der Waals surface area (Å²) < 4.78 is 5.32. The molecule has 2 N–H and O–H groups in total. The summed E-state index contributed by atoms with van der Waals surface area (Å²) in [5, 5.41) is 10.3. The minimum absolute atomic E-state index is 0.151. The van der Waals surface area contributed by atoms with Gasteiger partial charge in [0.15, 0.2) is 0 Å². The minimum atomic E-state index is -0.653. The van der Waals surface area contributed by atoms with E-state index >= 15 is 0 Å². The number of ether oxygens (including phenoxy) is 1. The van der Waals surface area contributed by atoms with Gasteiger partial charge in [-0.25, -0.2) is 20.1 Å². The van der Waals surface area contributed by atoms with Crippen LogP contribution in [0.1, 0.15) is 40.0 Å². The summed E-state index contributed by atoms with van der Waals surface area (Å²) in [6.45, 7) is 6.49. The highest BCUT2D eigenvalue weighted by molar-refractivity contribution is 5.87. The number of carbonyl (C=O) groups is 3. The molecule has 3 aliphatic heterocycles. The number of urea groups is 1. The molecule has 0 aliphatic carbocycles. The summed E-state index contributed by atoms with van der Waals surface area (Å²) >= 11 is 0. The Bertz CT molecular complexity index is 592. The number of fused-ring (bicyclic) bond motifs is 2. The smallest absolute Gasteiger partial charge is 0.410 e. The Kier molecular flexibility index (Phi) is 4.98. The maximum Gasteiger partial charge on any atom is 0.410 e. The molecule has 0 aromatic carbocycles. The first kappa shape index (κ1) is 18.7. The molecule has 26 heavy (non-hydrogen) atoms. The van der Waals surface area contributed by atoms with E-state index in [4.69, 9.17) is 9.57 Å². The summed E-state index contributed by atoms with van der Waals surface area (Å²) in [4.78, 5) is 44.4. The van der Waals surface area contributed by atoms with Crippen LogP contribution in [0.2, 0.25) is 0 Å². The van der Waals surface area contributed by atoms with Gasteiger partial charge in [0.2, 0.25) is 0 Å². The summed E-state index contributed by atoms with van der Waals surface area (Å²) in [5.74, 6) is -0.421. The molecule has 0 aromatic heterocycles. The van der Waals surface area contributed by atoms with E-state index in [1.54, 1.807) is 25.7 Å². The molecule has 10 heteroatoms. The van der Waals surface area contributed by atoms with Gasteiger partial charge in [0.25, 0.3) is 5.91 Å². The molecule has 3 atom stereocenters. The molecule has 146 valence electrons. The number of nitrogens with one attached hydrogen (secondary N) is 1. The molecule has 3 aliphatic rings. The van der Waals surface area contributed by atoms with Crippen LogP contribution in [0.25, 0.3) is 0 Å². The minimum Gasteiger partial charge on any atom is -0.444 e. The van der Waals surface area contributed by atoms with Gasteiger partial charge in [-0.1, -0.05) is 0 Å². The molecule has 0 radical (unpaired) electrons. The molecule has 2 bridgehead atoms. The Morgan fingerprint density at radius 2 is 2.00 bits per heavy atom. The maximum absolute atomic E-state index is 12.3. The van der Waals surface area contributed by atoms with Gasteiger partial charge in [-0.2, -0.15) is 0 Å². The predicted molar refractivity (Wildman–Crippen MR) is 88.0 cm³/mol. The average molecular weight is 370 g/mol. The van der Waals surface area contributed by atoms with Crippen molar-refractivity contribution in [3.8, 4) is 0 Å². The van der Waals surface area contributed by atoms with Gasteiger partial charge in [0.05, 0.1) is 18.7 Å². The van der Waals surface area contributed by atoms with Gasteiger partial charge in [-0.05, 0) is 40.0 Å². The molecule has 3 saturated heterocycles. The third kappa shape index (κ3) is 3.70. The molecular weight excluding hydrogens is 344 g/mol. The van der Waals surface area contributed by atoms with E-state index in [0.29, 0.717) is 31.0 Å². The lowest BCUT2D eigenvalue weighted by atomic mass is 10.0. The van der Waals surface area contributed by atoms with Crippen LogP contribution in [0, 0.1) is 0 Å². The van der Waals surface area contributed by atoms with E-state index in [0.717, 1.165) is 6.42 Å². The van der Waals surface area contributed by atoms with Crippen molar-refractivity contribution in [2.24, 2.45) is 0 Å². The zero-order valence-corrected chi connectivity index (χ0v) is 15.3. The zero-order chi connectivity index (χ0) is 19.1. The number of nitrogens with zero attached hydrogens (tertiary/aromatic N) is 3. The Morgan fingerprint density at radius 1 is 1.27 bits per heavy atom. The van der Waals surface area contributed by atoms with Gasteiger partial charge in [0.1, 0.15) is 11.6 Å². The fourth-order valence-corrected chi connectivity index (χ4v) is 3.38. The van der Waals surface area contributed by atoms with Crippen molar-refractivity contribution in [3.05, 3.63) is 0 Å². The zero-order valence-electron chi connectivity index (χ0n) is 15.3. The molecule has 3 fully saturated rings. The lowest BCUT2D eigenvalue weighted by molar-refractivity contribution is -0.141. The van der Waals surface area contributed by atoms with E-state index in [9.17, 15) is 19.6 Å². The van der Waals surface area contributed by atoms with Crippen LogP contribution in [-0.2, 0) is 14.4 Å². The first-order valence-electron chi connectivity index (χ1n) is 8.87. The Balaban J connectivity index is 1.43. The highest BCUT2D eigenvalue weighted by atomic mass is 16.7. The predicted octanol–water partition coefficient (Wildman–Crippen LogP) is 0.701. The fraction of sp³-hybridized carbons (Fsp3) is 0.812. The normalized spacial score (nSPS) is 28.1. The van der Waals surface area contributed by atoms with E-state index in [2.05, 4.69) is 5.48 Å². The van der Waals surface area contributed by atoms with E-state index in [1.807, 2.05) is 0 Å². The number of piperidine rings is 1. The standard InChI is InChI=1S/C16H26N4O6/c1-16(2,3)26-15(23)18-7-6-11(18)9-25-17-13(21)12-5-4-10-8-19(12)14(22)20(10)24/h10-12,24H,4-9H2,1-3H3,(H,17,21)/t10-,11+,12+/m1/s1. The van der Waals surface area contributed by atoms with Crippen LogP contribution >= 0.6 is 0 Å². The van der Waals surface area contributed by atoms with E-state index < -0.39 is 29.7 Å². The number of hydrogen-bond donors (Lipinski definition) is 2. The molecule has 3 heterocycles. The van der Waals surface area contributed by atoms with Crippen LogP contribution in [-0.4, -0.2) is 81.5 Å². The van der Waals surface area contributed by atoms with Crippen molar-refractivity contribution in [2.75, 3.05) is 19.7 Å². The number of rotatable bonds is 4. The second kappa shape index (κ2) is 6.92. The van der Waals surface area contributed by atoms with Crippen LogP contribution in [0.3, 0.4) is 0 Å². The lowest BCUT2D eigenvalue weighted by Gasteiger charge is -2.41. The van der Waals surface area contributed by atoms with Crippen molar-refractivity contribution in [2.45, 2.75) is 63.8 Å². The van der Waals surface area contributed by atoms with Crippen molar-refractivity contribution in [1.82, 2.24) is 20.3 Å². The number of amides is 4. The summed E-state index contributed by atoms with van der Waals surface area (Å²) in [7, 11) is 0. The summed E-state index contributed by atoms with van der Waals surface area (Å²) in [5.41, 5.74) is 1.80. The molecular formula is C16H26N4O6. The molecule has 0 aromatic rings. The van der Waals surface area contributed by atoms with Crippen molar-refractivity contribution >= 4 is 18.0 Å². The van der Waals surface area contributed by atoms with Gasteiger partial charge in [-0.15, -0.1) is 0 Å². The van der Waals surface area contributed by atoms with Crippen molar-refractivity contribution < 1.29 is 29.2 Å². The Morgan fingerprint density at radius 3 is 2.62 bits per heavy atom. The van der Waals surface area contributed by atoms with E-state index in [-0.39, 0.29) is 18.7 Å². The fourth-order valence-electron chi connectivity index (χ4n) is 3.38. The number of likely N-dealkylation sites (tertiary alicyclic amines) is 1. The van der Waals surface area contributed by atoms with Gasteiger partial charge < -0.3 is 14.5 Å².